The van der Waals surface area contributed by atoms with E-state index >= 15 is 0 Å². The number of pyridine rings is 1. The van der Waals surface area contributed by atoms with Gasteiger partial charge in [0.25, 0.3) is 0 Å². The van der Waals surface area contributed by atoms with E-state index in [1.807, 2.05) is 42.8 Å². The highest BCUT2D eigenvalue weighted by molar-refractivity contribution is 5.77. The molecule has 3 rings (SSSR count). The van der Waals surface area contributed by atoms with Crippen LogP contribution in [0.4, 0.5) is 0 Å². The van der Waals surface area contributed by atoms with Crippen molar-refractivity contribution in [1.82, 2.24) is 14.4 Å². The largest absolute Gasteiger partial charge is 0.346 e. The lowest BCUT2D eigenvalue weighted by Gasteiger charge is -1.94. The highest BCUT2D eigenvalue weighted by Crippen LogP contribution is 2.24. The van der Waals surface area contributed by atoms with Crippen molar-refractivity contribution in [1.29, 1.82) is 0 Å². The number of aryl methyl sites for hydroxylation is 2. The van der Waals surface area contributed by atoms with Crippen molar-refractivity contribution in [3.8, 4) is 11.3 Å². The molecule has 0 saturated carbocycles. The highest BCUT2D eigenvalue weighted by Gasteiger charge is 2.09. The van der Waals surface area contributed by atoms with Crippen LogP contribution in [0.25, 0.3) is 16.8 Å². The summed E-state index contributed by atoms with van der Waals surface area (Å²) in [6.07, 6.45) is 4.66. The third kappa shape index (κ3) is 1.62. The Bertz CT molecular complexity index is 737. The number of nitrogens with zero attached hydrogens (tertiary/aromatic N) is 2. The van der Waals surface area contributed by atoms with E-state index in [4.69, 9.17) is 0 Å². The van der Waals surface area contributed by atoms with Crippen LogP contribution < -0.4 is 0 Å². The topological polar surface area (TPSA) is 50.2 Å². The minimum atomic E-state index is 0.666. The average Bonchev–Trinajstić information content (AvgIpc) is 2.90. The molecule has 0 aliphatic carbocycles. The van der Waals surface area contributed by atoms with E-state index in [1.54, 1.807) is 0 Å². The number of fused-ring (bicyclic) bond motifs is 1. The number of imidazole rings is 1. The number of carbonyl (C=O) groups is 1. The average molecular weight is 239 g/mol. The van der Waals surface area contributed by atoms with Crippen LogP contribution in [0, 0.1) is 13.8 Å². The molecule has 0 spiro atoms. The van der Waals surface area contributed by atoms with Gasteiger partial charge in [0, 0.05) is 34.7 Å². The molecule has 3 aromatic heterocycles. The summed E-state index contributed by atoms with van der Waals surface area (Å²) < 4.78 is 1.95. The van der Waals surface area contributed by atoms with Gasteiger partial charge in [-0.15, -0.1) is 0 Å². The van der Waals surface area contributed by atoms with Gasteiger partial charge < -0.3 is 9.38 Å². The number of H-pyrrole nitrogens is 1. The number of nitrogens with one attached hydrogen (secondary N) is 1. The summed E-state index contributed by atoms with van der Waals surface area (Å²) in [5.41, 5.74) is 4.79. The first-order valence-corrected chi connectivity index (χ1v) is 5.78. The summed E-state index contributed by atoms with van der Waals surface area (Å²) in [5, 5.41) is 0. The van der Waals surface area contributed by atoms with Crippen LogP contribution in [-0.4, -0.2) is 20.7 Å². The predicted octanol–water partition coefficient (Wildman–Crippen LogP) is 2.76. The van der Waals surface area contributed by atoms with Gasteiger partial charge in [0.2, 0.25) is 0 Å². The number of aromatic amines is 1. The summed E-state index contributed by atoms with van der Waals surface area (Å²) in [6, 6.07) is 5.81. The Balaban J connectivity index is 2.18. The van der Waals surface area contributed by atoms with Crippen LogP contribution >= 0.6 is 0 Å². The van der Waals surface area contributed by atoms with E-state index in [1.165, 1.54) is 0 Å². The standard InChI is InChI=1S/C14H13N3O/c1-9-14(16-10(2)15-9)12-5-13-4-3-11(8-18)6-17(13)7-12/h3-8H,1-2H3,(H,15,16). The molecule has 0 unspecified atom stereocenters. The summed E-state index contributed by atoms with van der Waals surface area (Å²) in [5.74, 6) is 0.909. The van der Waals surface area contributed by atoms with Crippen LogP contribution in [0.2, 0.25) is 0 Å². The Labute approximate surface area is 104 Å². The molecule has 0 fully saturated rings. The van der Waals surface area contributed by atoms with Gasteiger partial charge in [-0.2, -0.15) is 0 Å². The third-order valence-corrected chi connectivity index (χ3v) is 3.03. The second-order valence-electron chi connectivity index (χ2n) is 4.44. The molecule has 3 heterocycles. The van der Waals surface area contributed by atoms with Crippen molar-refractivity contribution < 1.29 is 4.79 Å². The summed E-state index contributed by atoms with van der Waals surface area (Å²) in [4.78, 5) is 18.4. The monoisotopic (exact) mass is 239 g/mol. The molecule has 3 aromatic rings. The van der Waals surface area contributed by atoms with Crippen LogP contribution in [0.5, 0.6) is 0 Å². The first-order valence-electron chi connectivity index (χ1n) is 5.78. The van der Waals surface area contributed by atoms with Crippen LogP contribution in [0.3, 0.4) is 0 Å². The molecule has 4 nitrogen and oxygen atoms in total. The Hall–Kier alpha value is -2.36. The van der Waals surface area contributed by atoms with Crippen molar-refractivity contribution in [3.05, 3.63) is 47.7 Å². The van der Waals surface area contributed by atoms with Crippen molar-refractivity contribution in [2.45, 2.75) is 13.8 Å². The fourth-order valence-corrected chi connectivity index (χ4v) is 2.22. The van der Waals surface area contributed by atoms with Crippen molar-refractivity contribution in [2.24, 2.45) is 0 Å². The van der Waals surface area contributed by atoms with E-state index in [2.05, 4.69) is 16.0 Å². The maximum Gasteiger partial charge on any atom is 0.151 e. The fourth-order valence-electron chi connectivity index (χ4n) is 2.22. The van der Waals surface area contributed by atoms with E-state index in [9.17, 15) is 4.79 Å². The molecule has 0 amide bonds. The predicted molar refractivity (Wildman–Crippen MR) is 69.8 cm³/mol. The van der Waals surface area contributed by atoms with E-state index in [0.717, 1.165) is 34.6 Å². The zero-order valence-electron chi connectivity index (χ0n) is 10.3. The second kappa shape index (κ2) is 3.84. The molecule has 0 aromatic carbocycles. The first-order chi connectivity index (χ1) is 8.67. The molecule has 4 heteroatoms. The van der Waals surface area contributed by atoms with E-state index < -0.39 is 0 Å². The van der Waals surface area contributed by atoms with Gasteiger partial charge in [-0.05, 0) is 32.0 Å². The Morgan fingerprint density at radius 1 is 1.28 bits per heavy atom. The van der Waals surface area contributed by atoms with Crippen molar-refractivity contribution >= 4 is 11.8 Å². The number of aromatic nitrogens is 3. The minimum Gasteiger partial charge on any atom is -0.346 e. The quantitative estimate of drug-likeness (QED) is 0.699. The first kappa shape index (κ1) is 10.8. The minimum absolute atomic E-state index is 0.666. The zero-order valence-corrected chi connectivity index (χ0v) is 10.3. The molecular formula is C14H13N3O. The lowest BCUT2D eigenvalue weighted by molar-refractivity contribution is 0.112. The van der Waals surface area contributed by atoms with Crippen molar-refractivity contribution in [2.75, 3.05) is 0 Å². The molecular weight excluding hydrogens is 226 g/mol. The molecule has 0 aliphatic rings. The number of hydrogen-bond acceptors (Lipinski definition) is 2. The molecule has 0 atom stereocenters. The van der Waals surface area contributed by atoms with Gasteiger partial charge >= 0.3 is 0 Å². The third-order valence-electron chi connectivity index (χ3n) is 3.03. The summed E-state index contributed by atoms with van der Waals surface area (Å²) in [7, 11) is 0. The lowest BCUT2D eigenvalue weighted by Crippen LogP contribution is -1.85. The van der Waals surface area contributed by atoms with Gasteiger partial charge in [-0.3, -0.25) is 4.79 Å². The summed E-state index contributed by atoms with van der Waals surface area (Å²) >= 11 is 0. The van der Waals surface area contributed by atoms with Crippen LogP contribution in [-0.2, 0) is 0 Å². The molecule has 18 heavy (non-hydrogen) atoms. The Kier molecular flexibility index (Phi) is 2.30. The fraction of sp³-hybridized carbons (Fsp3) is 0.143. The van der Waals surface area contributed by atoms with Gasteiger partial charge in [-0.25, -0.2) is 4.98 Å². The normalized spacial score (nSPS) is 11.0. The van der Waals surface area contributed by atoms with Gasteiger partial charge in [0.05, 0.1) is 5.69 Å². The Morgan fingerprint density at radius 3 is 2.78 bits per heavy atom. The second-order valence-corrected chi connectivity index (χ2v) is 4.44. The SMILES string of the molecule is Cc1nc(-c2cc3ccc(C=O)cn3c2)c(C)[nH]1. The Morgan fingerprint density at radius 2 is 2.11 bits per heavy atom. The number of carbonyl (C=O) groups excluding carboxylic acids is 1. The number of hydrogen-bond donors (Lipinski definition) is 1. The summed E-state index contributed by atoms with van der Waals surface area (Å²) in [6.45, 7) is 3.95. The van der Waals surface area contributed by atoms with Gasteiger partial charge in [-0.1, -0.05) is 0 Å². The lowest BCUT2D eigenvalue weighted by atomic mass is 10.2. The highest BCUT2D eigenvalue weighted by atomic mass is 16.1. The molecule has 1 N–H and O–H groups in total. The van der Waals surface area contributed by atoms with Crippen LogP contribution in [0.1, 0.15) is 21.9 Å². The zero-order chi connectivity index (χ0) is 12.7. The van der Waals surface area contributed by atoms with Gasteiger partial charge in [0.15, 0.2) is 6.29 Å². The van der Waals surface area contributed by atoms with E-state index in [-0.39, 0.29) is 0 Å². The molecule has 90 valence electrons. The van der Waals surface area contributed by atoms with Gasteiger partial charge in [0.1, 0.15) is 5.82 Å². The number of rotatable bonds is 2. The molecule has 0 bridgehead atoms. The van der Waals surface area contributed by atoms with E-state index in [0.29, 0.717) is 5.56 Å². The van der Waals surface area contributed by atoms with Crippen molar-refractivity contribution in [3.63, 3.8) is 0 Å². The van der Waals surface area contributed by atoms with Crippen LogP contribution in [0.15, 0.2) is 30.6 Å². The maximum atomic E-state index is 10.8. The smallest absolute Gasteiger partial charge is 0.151 e. The number of aldehydes is 1. The maximum absolute atomic E-state index is 10.8. The molecule has 0 saturated heterocycles. The molecule has 0 radical (unpaired) electrons. The molecule has 0 aliphatic heterocycles.